The van der Waals surface area contributed by atoms with Crippen LogP contribution < -0.4 is 10.0 Å². The standard InChI is InChI=1S/C28H50N4O2/c1-3-5-7-9-11-13-15-17-19-25-31(26-20-18-16-14-12-10-8-6-4-2)27-21-23-28(24-22-27)32(29-33)30-34/h21-24H,3-20,25-26H2,1-2H3. The molecule has 1 aromatic rings. The number of nitroso groups, excluding NO2 is 2. The van der Waals surface area contributed by atoms with E-state index in [0.717, 1.165) is 18.8 Å². The van der Waals surface area contributed by atoms with Crippen molar-refractivity contribution >= 4 is 11.4 Å². The number of rotatable bonds is 24. The van der Waals surface area contributed by atoms with Crippen molar-refractivity contribution in [2.75, 3.05) is 23.1 Å². The van der Waals surface area contributed by atoms with Crippen LogP contribution in [0.4, 0.5) is 11.4 Å². The summed E-state index contributed by atoms with van der Waals surface area (Å²) in [5, 5.41) is 5.87. The van der Waals surface area contributed by atoms with Gasteiger partial charge in [-0.25, -0.2) is 0 Å². The van der Waals surface area contributed by atoms with Crippen LogP contribution in [0.1, 0.15) is 129 Å². The van der Waals surface area contributed by atoms with Gasteiger partial charge in [-0.2, -0.15) is 0 Å². The summed E-state index contributed by atoms with van der Waals surface area (Å²) in [4.78, 5) is 23.9. The molecule has 0 aliphatic carbocycles. The van der Waals surface area contributed by atoms with E-state index in [1.807, 2.05) is 12.1 Å². The van der Waals surface area contributed by atoms with Crippen LogP contribution in [-0.4, -0.2) is 13.1 Å². The molecule has 0 heterocycles. The molecular formula is C28H50N4O2. The third kappa shape index (κ3) is 14.3. The Balaban J connectivity index is 2.42. The highest BCUT2D eigenvalue weighted by Gasteiger charge is 2.10. The van der Waals surface area contributed by atoms with E-state index in [9.17, 15) is 9.81 Å². The minimum absolute atomic E-state index is 0.403. The smallest absolute Gasteiger partial charge is 0.0924 e. The molecule has 6 nitrogen and oxygen atoms in total. The van der Waals surface area contributed by atoms with Gasteiger partial charge in [0, 0.05) is 18.8 Å². The van der Waals surface area contributed by atoms with Gasteiger partial charge in [-0.05, 0) is 37.1 Å². The Morgan fingerprint density at radius 3 is 1.18 bits per heavy atom. The highest BCUT2D eigenvalue weighted by molar-refractivity contribution is 5.55. The van der Waals surface area contributed by atoms with Crippen molar-refractivity contribution in [3.05, 3.63) is 34.1 Å². The second kappa shape index (κ2) is 21.5. The van der Waals surface area contributed by atoms with E-state index >= 15 is 0 Å². The molecule has 0 amide bonds. The zero-order valence-corrected chi connectivity index (χ0v) is 22.1. The summed E-state index contributed by atoms with van der Waals surface area (Å²) < 4.78 is 0. The first kappa shape index (κ1) is 30.1. The van der Waals surface area contributed by atoms with E-state index < -0.39 is 0 Å². The molecule has 0 radical (unpaired) electrons. The van der Waals surface area contributed by atoms with E-state index in [2.05, 4.69) is 29.3 Å². The Morgan fingerprint density at radius 2 is 0.824 bits per heavy atom. The molecule has 0 unspecified atom stereocenters. The molecule has 0 aromatic heterocycles. The molecule has 34 heavy (non-hydrogen) atoms. The van der Waals surface area contributed by atoms with Crippen LogP contribution in [0.3, 0.4) is 0 Å². The van der Waals surface area contributed by atoms with Crippen molar-refractivity contribution in [2.45, 2.75) is 129 Å². The molecule has 0 N–H and O–H groups in total. The molecule has 1 aromatic carbocycles. The molecule has 0 spiro atoms. The molecule has 1 rings (SSSR count). The third-order valence-electron chi connectivity index (χ3n) is 6.66. The van der Waals surface area contributed by atoms with Crippen LogP contribution in [0.5, 0.6) is 0 Å². The van der Waals surface area contributed by atoms with Crippen LogP contribution >= 0.6 is 0 Å². The Bertz CT molecular complexity index is 579. The summed E-state index contributed by atoms with van der Waals surface area (Å²) in [6, 6.07) is 7.44. The van der Waals surface area contributed by atoms with Crippen LogP contribution in [0.15, 0.2) is 34.8 Å². The number of anilines is 2. The van der Waals surface area contributed by atoms with Gasteiger partial charge in [0.1, 0.15) is 0 Å². The third-order valence-corrected chi connectivity index (χ3v) is 6.66. The van der Waals surface area contributed by atoms with Crippen molar-refractivity contribution in [3.63, 3.8) is 0 Å². The van der Waals surface area contributed by atoms with Crippen molar-refractivity contribution in [3.8, 4) is 0 Å². The predicted molar refractivity (Wildman–Crippen MR) is 147 cm³/mol. The first-order valence-electron chi connectivity index (χ1n) is 14.1. The summed E-state index contributed by atoms with van der Waals surface area (Å²) in [5.74, 6) is 0. The highest BCUT2D eigenvalue weighted by atomic mass is 16.4. The average Bonchev–Trinajstić information content (AvgIpc) is 2.86. The zero-order chi connectivity index (χ0) is 24.7. The minimum atomic E-state index is 0.403. The molecule has 0 saturated carbocycles. The van der Waals surface area contributed by atoms with Gasteiger partial charge in [0.15, 0.2) is 0 Å². The zero-order valence-electron chi connectivity index (χ0n) is 22.1. The van der Waals surface area contributed by atoms with Crippen LogP contribution in [0.25, 0.3) is 0 Å². The maximum absolute atomic E-state index is 10.7. The highest BCUT2D eigenvalue weighted by Crippen LogP contribution is 2.23. The molecule has 0 atom stereocenters. The second-order valence-electron chi connectivity index (χ2n) is 9.61. The van der Waals surface area contributed by atoms with Crippen LogP contribution in [-0.2, 0) is 0 Å². The first-order chi connectivity index (χ1) is 16.8. The molecular weight excluding hydrogens is 424 g/mol. The molecule has 0 saturated heterocycles. The van der Waals surface area contributed by atoms with E-state index in [1.54, 1.807) is 12.1 Å². The lowest BCUT2D eigenvalue weighted by Gasteiger charge is -2.25. The quantitative estimate of drug-likeness (QED) is 0.0849. The average molecular weight is 475 g/mol. The van der Waals surface area contributed by atoms with Crippen molar-refractivity contribution < 1.29 is 0 Å². The van der Waals surface area contributed by atoms with Crippen molar-refractivity contribution in [1.82, 2.24) is 0 Å². The van der Waals surface area contributed by atoms with Crippen molar-refractivity contribution in [1.29, 1.82) is 0 Å². The molecule has 6 heteroatoms. The SMILES string of the molecule is CCCCCCCCCCCN(CCCCCCCCCCC)c1ccc(N(N=O)N=O)cc1. The van der Waals surface area contributed by atoms with E-state index in [0.29, 0.717) is 10.8 Å². The number of nitrogens with zero attached hydrogens (tertiary/aromatic N) is 4. The Labute approximate surface area is 208 Å². The van der Waals surface area contributed by atoms with E-state index in [-0.39, 0.29) is 0 Å². The van der Waals surface area contributed by atoms with Gasteiger partial charge in [-0.1, -0.05) is 122 Å². The number of benzene rings is 1. The molecule has 0 fully saturated rings. The van der Waals surface area contributed by atoms with Gasteiger partial charge in [0.05, 0.1) is 16.3 Å². The predicted octanol–water partition coefficient (Wildman–Crippen LogP) is 9.72. The topological polar surface area (TPSA) is 65.3 Å². The summed E-state index contributed by atoms with van der Waals surface area (Å²) in [5.41, 5.74) is 1.54. The number of hydrogen-bond donors (Lipinski definition) is 0. The Hall–Kier alpha value is -1.98. The maximum Gasteiger partial charge on any atom is 0.0924 e. The molecule has 0 bridgehead atoms. The summed E-state index contributed by atoms with van der Waals surface area (Å²) in [7, 11) is 0. The van der Waals surface area contributed by atoms with Crippen LogP contribution in [0, 0.1) is 9.81 Å². The fourth-order valence-corrected chi connectivity index (χ4v) is 4.50. The number of hydrogen-bond acceptors (Lipinski definition) is 5. The molecule has 0 aliphatic heterocycles. The normalized spacial score (nSPS) is 10.9. The lowest BCUT2D eigenvalue weighted by molar-refractivity contribution is 0.548. The van der Waals surface area contributed by atoms with Gasteiger partial charge < -0.3 is 4.90 Å². The molecule has 194 valence electrons. The lowest BCUT2D eigenvalue weighted by Crippen LogP contribution is -2.25. The first-order valence-corrected chi connectivity index (χ1v) is 14.1. The summed E-state index contributed by atoms with van der Waals surface area (Å²) >= 11 is 0. The number of unbranched alkanes of at least 4 members (excludes halogenated alkanes) is 16. The van der Waals surface area contributed by atoms with Gasteiger partial charge >= 0.3 is 0 Å². The van der Waals surface area contributed by atoms with E-state index in [4.69, 9.17) is 0 Å². The lowest BCUT2D eigenvalue weighted by atomic mass is 10.1. The van der Waals surface area contributed by atoms with Gasteiger partial charge in [0.25, 0.3) is 0 Å². The van der Waals surface area contributed by atoms with Gasteiger partial charge in [-0.15, -0.1) is 9.81 Å². The second-order valence-corrected chi connectivity index (χ2v) is 9.61. The summed E-state index contributed by atoms with van der Waals surface area (Å²) in [6.45, 7) is 6.63. The van der Waals surface area contributed by atoms with Gasteiger partial charge in [-0.3, -0.25) is 0 Å². The van der Waals surface area contributed by atoms with Gasteiger partial charge in [0.2, 0.25) is 0 Å². The summed E-state index contributed by atoms with van der Waals surface area (Å²) in [6.07, 6.45) is 23.9. The maximum atomic E-state index is 10.7. The Kier molecular flexibility index (Phi) is 19.0. The Morgan fingerprint density at radius 1 is 0.500 bits per heavy atom. The fourth-order valence-electron chi connectivity index (χ4n) is 4.50. The largest absolute Gasteiger partial charge is 0.372 e. The minimum Gasteiger partial charge on any atom is -0.372 e. The molecule has 0 aliphatic rings. The van der Waals surface area contributed by atoms with Crippen molar-refractivity contribution in [2.24, 2.45) is 10.6 Å². The fraction of sp³-hybridized carbons (Fsp3) is 0.786. The van der Waals surface area contributed by atoms with Crippen LogP contribution in [0.2, 0.25) is 0 Å². The van der Waals surface area contributed by atoms with E-state index in [1.165, 1.54) is 116 Å². The monoisotopic (exact) mass is 474 g/mol.